The van der Waals surface area contributed by atoms with E-state index in [-0.39, 0.29) is 29.7 Å². The third kappa shape index (κ3) is 5.57. The summed E-state index contributed by atoms with van der Waals surface area (Å²) >= 11 is 0. The molecule has 1 aliphatic heterocycles. The lowest BCUT2D eigenvalue weighted by molar-refractivity contribution is -0.121. The Morgan fingerprint density at radius 3 is 2.61 bits per heavy atom. The van der Waals surface area contributed by atoms with Crippen molar-refractivity contribution in [3.8, 4) is 17.2 Å². The molecular weight excluding hydrogens is 448 g/mol. The Balaban J connectivity index is 1.61. The maximum absolute atomic E-state index is 13.1. The molecule has 0 bridgehead atoms. The van der Waals surface area contributed by atoms with E-state index in [1.54, 1.807) is 33.3 Å². The number of rotatable bonds is 9. The average molecular weight is 477 g/mol. The molecule has 0 spiro atoms. The quantitative estimate of drug-likeness (QED) is 0.570. The molecule has 2 N–H and O–H groups in total. The summed E-state index contributed by atoms with van der Waals surface area (Å²) in [5.41, 5.74) is 1.86. The van der Waals surface area contributed by atoms with Crippen molar-refractivity contribution in [2.75, 3.05) is 32.7 Å². The van der Waals surface area contributed by atoms with E-state index in [0.29, 0.717) is 41.5 Å². The third-order valence-electron chi connectivity index (χ3n) is 5.40. The zero-order valence-corrected chi connectivity index (χ0v) is 19.9. The molecule has 33 heavy (non-hydrogen) atoms. The number of aryl methyl sites for hydroxylation is 1. The summed E-state index contributed by atoms with van der Waals surface area (Å²) < 4.78 is 42.1. The van der Waals surface area contributed by atoms with Crippen molar-refractivity contribution in [2.45, 2.75) is 36.8 Å². The van der Waals surface area contributed by atoms with Crippen LogP contribution in [0.4, 0.5) is 5.69 Å². The summed E-state index contributed by atoms with van der Waals surface area (Å²) in [6.07, 6.45) is 0.378. The van der Waals surface area contributed by atoms with Crippen LogP contribution in [0.25, 0.3) is 0 Å². The summed E-state index contributed by atoms with van der Waals surface area (Å²) in [4.78, 5) is 24.0. The highest BCUT2D eigenvalue weighted by molar-refractivity contribution is 7.92. The molecule has 0 saturated carbocycles. The van der Waals surface area contributed by atoms with Gasteiger partial charge in [0.2, 0.25) is 5.91 Å². The molecule has 0 unspecified atom stereocenters. The number of methoxy groups -OCH3 is 2. The minimum Gasteiger partial charge on any atom is -0.493 e. The lowest BCUT2D eigenvalue weighted by atomic mass is 10.1. The predicted octanol–water partition coefficient (Wildman–Crippen LogP) is 2.25. The van der Waals surface area contributed by atoms with Crippen LogP contribution in [-0.4, -0.2) is 52.9 Å². The van der Waals surface area contributed by atoms with Gasteiger partial charge in [-0.15, -0.1) is 0 Å². The molecule has 9 nitrogen and oxygen atoms in total. The number of anilines is 1. The summed E-state index contributed by atoms with van der Waals surface area (Å²) in [5, 5.41) is 4.49. The third-order valence-corrected chi connectivity index (χ3v) is 7.68. The van der Waals surface area contributed by atoms with Crippen LogP contribution < -0.4 is 24.8 Å². The Morgan fingerprint density at radius 1 is 1.18 bits per heavy atom. The second kappa shape index (κ2) is 10.1. The number of benzene rings is 2. The number of carbonyl (C=O) groups excluding carboxylic acids is 2. The maximum atomic E-state index is 13.1. The van der Waals surface area contributed by atoms with Gasteiger partial charge < -0.3 is 24.8 Å². The largest absolute Gasteiger partial charge is 0.493 e. The van der Waals surface area contributed by atoms with E-state index in [9.17, 15) is 18.0 Å². The van der Waals surface area contributed by atoms with Crippen LogP contribution >= 0.6 is 0 Å². The van der Waals surface area contributed by atoms with Gasteiger partial charge in [0.15, 0.2) is 27.9 Å². The van der Waals surface area contributed by atoms with Gasteiger partial charge in [-0.2, -0.15) is 0 Å². The van der Waals surface area contributed by atoms with Gasteiger partial charge in [0.1, 0.15) is 5.75 Å². The molecule has 2 aromatic carbocycles. The van der Waals surface area contributed by atoms with Crippen LogP contribution in [-0.2, 0) is 25.8 Å². The van der Waals surface area contributed by atoms with E-state index in [2.05, 4.69) is 10.6 Å². The monoisotopic (exact) mass is 476 g/mol. The van der Waals surface area contributed by atoms with Crippen LogP contribution in [0.3, 0.4) is 0 Å². The van der Waals surface area contributed by atoms with Crippen LogP contribution in [0.1, 0.15) is 24.5 Å². The van der Waals surface area contributed by atoms with E-state index >= 15 is 0 Å². The van der Waals surface area contributed by atoms with Crippen molar-refractivity contribution in [3.05, 3.63) is 41.5 Å². The number of nitrogens with one attached hydrogen (secondary N) is 2. The van der Waals surface area contributed by atoms with E-state index in [1.807, 2.05) is 12.1 Å². The Labute approximate surface area is 193 Å². The summed E-state index contributed by atoms with van der Waals surface area (Å²) in [5.74, 6) is 0.867. The highest BCUT2D eigenvalue weighted by Gasteiger charge is 2.29. The number of ether oxygens (including phenoxy) is 3. The smallest absolute Gasteiger partial charge is 0.262 e. The van der Waals surface area contributed by atoms with Crippen molar-refractivity contribution in [1.29, 1.82) is 0 Å². The molecule has 3 rings (SSSR count). The van der Waals surface area contributed by atoms with Gasteiger partial charge in [0.05, 0.1) is 30.1 Å². The van der Waals surface area contributed by atoms with Crippen molar-refractivity contribution in [3.63, 3.8) is 0 Å². The van der Waals surface area contributed by atoms with Crippen molar-refractivity contribution in [2.24, 2.45) is 0 Å². The lowest BCUT2D eigenvalue weighted by Gasteiger charge is -2.21. The van der Waals surface area contributed by atoms with E-state index in [1.165, 1.54) is 13.0 Å². The van der Waals surface area contributed by atoms with Crippen LogP contribution in [0.5, 0.6) is 17.2 Å². The lowest BCUT2D eigenvalue weighted by Crippen LogP contribution is -2.31. The Kier molecular flexibility index (Phi) is 7.47. The fourth-order valence-electron chi connectivity index (χ4n) is 3.56. The highest BCUT2D eigenvalue weighted by Crippen LogP contribution is 2.34. The molecule has 2 aromatic rings. The standard InChI is InChI=1S/C23H28N2O7S/c1-14-9-17-19(32-13-23(27)25-17)12-21(14)33(28,29)15(2)10-22(26)24-8-7-16-5-6-18(30-3)20(11-16)31-4/h5-6,9,11-12,15H,7-8,10,13H2,1-4H3,(H,24,26)(H,25,27)/t15-/m1/s1. The maximum Gasteiger partial charge on any atom is 0.262 e. The molecule has 0 radical (unpaired) electrons. The molecule has 1 aliphatic rings. The van der Waals surface area contributed by atoms with E-state index in [0.717, 1.165) is 5.56 Å². The molecule has 0 saturated heterocycles. The number of fused-ring (bicyclic) bond motifs is 1. The molecule has 1 heterocycles. The van der Waals surface area contributed by atoms with Crippen LogP contribution in [0, 0.1) is 6.92 Å². The molecule has 10 heteroatoms. The minimum atomic E-state index is -3.79. The number of hydrogen-bond donors (Lipinski definition) is 2. The van der Waals surface area contributed by atoms with Gasteiger partial charge in [0, 0.05) is 19.0 Å². The van der Waals surface area contributed by atoms with E-state index in [4.69, 9.17) is 14.2 Å². The second-order valence-electron chi connectivity index (χ2n) is 7.80. The summed E-state index contributed by atoms with van der Waals surface area (Å²) in [6.45, 7) is 3.33. The van der Waals surface area contributed by atoms with Gasteiger partial charge in [-0.25, -0.2) is 8.42 Å². The zero-order chi connectivity index (χ0) is 24.2. The Hall–Kier alpha value is -3.27. The topological polar surface area (TPSA) is 120 Å². The molecule has 0 aromatic heterocycles. The average Bonchev–Trinajstić information content (AvgIpc) is 2.78. The first-order valence-corrected chi connectivity index (χ1v) is 12.0. The normalized spacial score (nSPS) is 13.9. The van der Waals surface area contributed by atoms with Crippen LogP contribution in [0.2, 0.25) is 0 Å². The molecule has 0 aliphatic carbocycles. The van der Waals surface area contributed by atoms with Gasteiger partial charge in [0.25, 0.3) is 5.91 Å². The van der Waals surface area contributed by atoms with Crippen molar-refractivity contribution >= 4 is 27.3 Å². The SMILES string of the molecule is COc1ccc(CCNC(=O)C[C@@H](C)S(=O)(=O)c2cc3c(cc2C)NC(=O)CO3)cc1OC. The zero-order valence-electron chi connectivity index (χ0n) is 19.1. The number of carbonyl (C=O) groups is 2. The second-order valence-corrected chi connectivity index (χ2v) is 10.1. The number of amides is 2. The van der Waals surface area contributed by atoms with Gasteiger partial charge >= 0.3 is 0 Å². The van der Waals surface area contributed by atoms with Gasteiger partial charge in [-0.3, -0.25) is 9.59 Å². The van der Waals surface area contributed by atoms with Gasteiger partial charge in [-0.05, 0) is 49.6 Å². The summed E-state index contributed by atoms with van der Waals surface area (Å²) in [7, 11) is -0.677. The number of hydrogen-bond acceptors (Lipinski definition) is 7. The first-order chi connectivity index (χ1) is 15.6. The van der Waals surface area contributed by atoms with Crippen molar-refractivity contribution in [1.82, 2.24) is 5.32 Å². The summed E-state index contributed by atoms with van der Waals surface area (Å²) in [6, 6.07) is 8.48. The fourth-order valence-corrected chi connectivity index (χ4v) is 5.15. The highest BCUT2D eigenvalue weighted by atomic mass is 32.2. The first-order valence-electron chi connectivity index (χ1n) is 10.4. The molecule has 2 amide bonds. The Bertz CT molecular complexity index is 1160. The molecule has 1 atom stereocenters. The molecule has 0 fully saturated rings. The van der Waals surface area contributed by atoms with E-state index < -0.39 is 15.1 Å². The molecular formula is C23H28N2O7S. The predicted molar refractivity (Wildman–Crippen MR) is 123 cm³/mol. The Morgan fingerprint density at radius 2 is 1.91 bits per heavy atom. The van der Waals surface area contributed by atoms with Gasteiger partial charge in [-0.1, -0.05) is 6.07 Å². The minimum absolute atomic E-state index is 0.0861. The van der Waals surface area contributed by atoms with Crippen LogP contribution in [0.15, 0.2) is 35.2 Å². The number of sulfone groups is 1. The molecule has 178 valence electrons. The fraction of sp³-hybridized carbons (Fsp3) is 0.391. The van der Waals surface area contributed by atoms with Crippen molar-refractivity contribution < 1.29 is 32.2 Å². The first kappa shape index (κ1) is 24.4.